The van der Waals surface area contributed by atoms with Crippen molar-refractivity contribution in [2.24, 2.45) is 0 Å². The Morgan fingerprint density at radius 2 is 1.23 bits per heavy atom. The topological polar surface area (TPSA) is 0 Å². The SMILES string of the molecule is C.CCC(C)c1ccc2c(c1)C(C)Cc1ccccc1-2.Cc1ccc2c(c1)C(C)(C)c1cc(-c3ccc4ccccc4c3)c3ccccc3c1-2.Cc1ccccc1. The van der Waals surface area contributed by atoms with Crippen LogP contribution in [0.2, 0.25) is 0 Å². The van der Waals surface area contributed by atoms with E-state index in [9.17, 15) is 0 Å². The third kappa shape index (κ3) is 7.59. The standard InChI is InChI=1S/C30H24.C19H22.C7H8.CH4/c1-19-12-15-25-27(16-19)30(2,3)28-18-26(23-10-6-7-11-24(23)29(25)28)22-14-13-20-8-4-5-9-21(20)17-22;1-4-13(2)15-9-10-18-17-8-6-5-7-16(17)11-14(3)19(18)12-15;1-7-5-3-2-4-6-7;/h4-18H,1-3H3;5-10,12-14H,4,11H2,1-3H3;2-6H,1H3;1H4. The van der Waals surface area contributed by atoms with Crippen molar-refractivity contribution < 1.29 is 0 Å². The highest BCUT2D eigenvalue weighted by Gasteiger charge is 2.37. The summed E-state index contributed by atoms with van der Waals surface area (Å²) < 4.78 is 0. The smallest absolute Gasteiger partial charge is 0.0159 e. The van der Waals surface area contributed by atoms with Crippen LogP contribution in [-0.2, 0) is 11.8 Å². The summed E-state index contributed by atoms with van der Waals surface area (Å²) in [5, 5.41) is 5.26. The third-order valence-corrected chi connectivity index (χ3v) is 12.5. The largest absolute Gasteiger partial charge is 0.0776 e. The molecular weight excluding hydrogens is 685 g/mol. The molecule has 0 radical (unpaired) electrons. The minimum absolute atomic E-state index is 0. The third-order valence-electron chi connectivity index (χ3n) is 12.5. The second-order valence-electron chi connectivity index (χ2n) is 16.7. The normalized spacial score (nSPS) is 14.7. The highest BCUT2D eigenvalue weighted by atomic mass is 14.4. The fourth-order valence-electron chi connectivity index (χ4n) is 9.00. The van der Waals surface area contributed by atoms with Crippen molar-refractivity contribution in [2.45, 2.75) is 86.0 Å². The molecule has 0 nitrogen and oxygen atoms in total. The lowest BCUT2D eigenvalue weighted by Gasteiger charge is -2.26. The Morgan fingerprint density at radius 1 is 0.561 bits per heavy atom. The van der Waals surface area contributed by atoms with E-state index in [0.29, 0.717) is 11.8 Å². The molecule has 10 rings (SSSR count). The molecule has 2 atom stereocenters. The molecule has 0 fully saturated rings. The van der Waals surface area contributed by atoms with Gasteiger partial charge in [-0.25, -0.2) is 0 Å². The minimum Gasteiger partial charge on any atom is -0.0776 e. The number of fused-ring (bicyclic) bond motifs is 9. The van der Waals surface area contributed by atoms with Crippen molar-refractivity contribution in [3.63, 3.8) is 0 Å². The van der Waals surface area contributed by atoms with Crippen molar-refractivity contribution in [1.29, 1.82) is 0 Å². The lowest BCUT2D eigenvalue weighted by atomic mass is 9.78. The molecule has 57 heavy (non-hydrogen) atoms. The fraction of sp³-hybridized carbons (Fsp3) is 0.228. The van der Waals surface area contributed by atoms with Gasteiger partial charge in [0.25, 0.3) is 0 Å². The molecule has 0 spiro atoms. The molecule has 0 aliphatic heterocycles. The summed E-state index contributed by atoms with van der Waals surface area (Å²) in [6.07, 6.45) is 2.39. The molecule has 0 N–H and O–H groups in total. The van der Waals surface area contributed by atoms with Gasteiger partial charge in [0.15, 0.2) is 0 Å². The zero-order valence-electron chi connectivity index (χ0n) is 34.2. The molecule has 0 heterocycles. The average Bonchev–Trinajstić information content (AvgIpc) is 3.45. The Morgan fingerprint density at radius 3 is 1.96 bits per heavy atom. The quantitative estimate of drug-likeness (QED) is 0.169. The summed E-state index contributed by atoms with van der Waals surface area (Å²) in [4.78, 5) is 0. The molecule has 8 aromatic carbocycles. The molecule has 0 amide bonds. The van der Waals surface area contributed by atoms with E-state index >= 15 is 0 Å². The Labute approximate surface area is 342 Å². The first-order chi connectivity index (χ1) is 27.1. The van der Waals surface area contributed by atoms with Crippen LogP contribution in [0.3, 0.4) is 0 Å². The number of hydrogen-bond donors (Lipinski definition) is 0. The fourth-order valence-corrected chi connectivity index (χ4v) is 9.00. The minimum atomic E-state index is -0.00762. The predicted molar refractivity (Wildman–Crippen MR) is 250 cm³/mol. The molecule has 0 heteroatoms. The molecule has 2 aliphatic rings. The molecule has 0 aromatic heterocycles. The van der Waals surface area contributed by atoms with Gasteiger partial charge in [0.1, 0.15) is 0 Å². The van der Waals surface area contributed by atoms with Crippen LogP contribution < -0.4 is 0 Å². The van der Waals surface area contributed by atoms with Crippen molar-refractivity contribution in [3.8, 4) is 33.4 Å². The highest BCUT2D eigenvalue weighted by molar-refractivity contribution is 6.09. The van der Waals surface area contributed by atoms with Gasteiger partial charge in [-0.2, -0.15) is 0 Å². The first-order valence-electron chi connectivity index (χ1n) is 20.5. The van der Waals surface area contributed by atoms with Gasteiger partial charge in [-0.1, -0.05) is 205 Å². The summed E-state index contributed by atoms with van der Waals surface area (Å²) >= 11 is 0. The monoisotopic (exact) mass is 742 g/mol. The van der Waals surface area contributed by atoms with E-state index in [1.54, 1.807) is 0 Å². The van der Waals surface area contributed by atoms with Gasteiger partial charge in [0.05, 0.1) is 0 Å². The predicted octanol–water partition coefficient (Wildman–Crippen LogP) is 16.4. The number of benzene rings is 8. The zero-order valence-corrected chi connectivity index (χ0v) is 34.2. The van der Waals surface area contributed by atoms with Crippen LogP contribution in [0.1, 0.15) is 99.2 Å². The Hall–Kier alpha value is -5.72. The molecule has 0 saturated carbocycles. The van der Waals surface area contributed by atoms with E-state index in [0.717, 1.165) is 0 Å². The average molecular weight is 743 g/mol. The highest BCUT2D eigenvalue weighted by Crippen LogP contribution is 2.53. The Bertz CT molecular complexity index is 2670. The van der Waals surface area contributed by atoms with Crippen LogP contribution in [0.15, 0.2) is 164 Å². The van der Waals surface area contributed by atoms with Crippen LogP contribution >= 0.6 is 0 Å². The van der Waals surface area contributed by atoms with Crippen LogP contribution in [-0.4, -0.2) is 0 Å². The van der Waals surface area contributed by atoms with Crippen LogP contribution in [0, 0.1) is 13.8 Å². The van der Waals surface area contributed by atoms with E-state index in [-0.39, 0.29) is 12.8 Å². The van der Waals surface area contributed by atoms with Crippen LogP contribution in [0.4, 0.5) is 0 Å². The molecule has 0 bridgehead atoms. The van der Waals surface area contributed by atoms with Crippen LogP contribution in [0.5, 0.6) is 0 Å². The molecular formula is C57H58. The zero-order chi connectivity index (χ0) is 39.0. The van der Waals surface area contributed by atoms with Crippen LogP contribution in [0.25, 0.3) is 54.9 Å². The molecule has 2 unspecified atom stereocenters. The second kappa shape index (κ2) is 16.4. The second-order valence-corrected chi connectivity index (χ2v) is 16.7. The Balaban J connectivity index is 0.000000157. The summed E-state index contributed by atoms with van der Waals surface area (Å²) in [6.45, 7) is 16.0. The molecule has 0 saturated heterocycles. The molecule has 286 valence electrons. The van der Waals surface area contributed by atoms with E-state index in [1.165, 1.54) is 107 Å². The van der Waals surface area contributed by atoms with Gasteiger partial charge in [0, 0.05) is 5.41 Å². The van der Waals surface area contributed by atoms with Gasteiger partial charge in [-0.3, -0.25) is 0 Å². The van der Waals surface area contributed by atoms with Crippen molar-refractivity contribution in [1.82, 2.24) is 0 Å². The van der Waals surface area contributed by atoms with Crippen molar-refractivity contribution in [3.05, 3.63) is 203 Å². The number of hydrogen-bond acceptors (Lipinski definition) is 0. The lowest BCUT2D eigenvalue weighted by Crippen LogP contribution is -2.15. The van der Waals surface area contributed by atoms with Gasteiger partial charge >= 0.3 is 0 Å². The summed E-state index contributed by atoms with van der Waals surface area (Å²) in [7, 11) is 0. The Kier molecular flexibility index (Phi) is 11.4. The number of aryl methyl sites for hydroxylation is 2. The van der Waals surface area contributed by atoms with E-state index in [2.05, 4.69) is 194 Å². The maximum Gasteiger partial charge on any atom is 0.0159 e. The van der Waals surface area contributed by atoms with Gasteiger partial charge in [-0.05, 0) is 133 Å². The summed E-state index contributed by atoms with van der Waals surface area (Å²) in [5.41, 5.74) is 18.3. The van der Waals surface area contributed by atoms with E-state index in [1.807, 2.05) is 18.2 Å². The van der Waals surface area contributed by atoms with Gasteiger partial charge in [-0.15, -0.1) is 0 Å². The summed E-state index contributed by atoms with van der Waals surface area (Å²) in [6, 6.07) is 60.0. The van der Waals surface area contributed by atoms with Crippen molar-refractivity contribution in [2.75, 3.05) is 0 Å². The van der Waals surface area contributed by atoms with E-state index < -0.39 is 0 Å². The van der Waals surface area contributed by atoms with E-state index in [4.69, 9.17) is 0 Å². The lowest BCUT2D eigenvalue weighted by molar-refractivity contribution is 0.660. The van der Waals surface area contributed by atoms with Crippen molar-refractivity contribution >= 4 is 21.5 Å². The molecule has 8 aromatic rings. The summed E-state index contributed by atoms with van der Waals surface area (Å²) in [5.74, 6) is 1.29. The molecule has 2 aliphatic carbocycles. The number of rotatable bonds is 3. The van der Waals surface area contributed by atoms with Gasteiger partial charge in [0.2, 0.25) is 0 Å². The maximum atomic E-state index is 2.46. The maximum absolute atomic E-state index is 2.46. The first kappa shape index (κ1) is 39.5. The first-order valence-corrected chi connectivity index (χ1v) is 20.5. The van der Waals surface area contributed by atoms with Gasteiger partial charge < -0.3 is 0 Å².